The molecule has 4 rings (SSSR count). The average molecular weight is 398 g/mol. The van der Waals surface area contributed by atoms with E-state index in [0.29, 0.717) is 11.4 Å². The lowest BCUT2D eigenvalue weighted by Crippen LogP contribution is -2.08. The molecule has 0 radical (unpaired) electrons. The molecular weight excluding hydrogens is 378 g/mol. The highest BCUT2D eigenvalue weighted by atomic mass is 35.5. The minimum Gasteiger partial charge on any atom is -0.300 e. The van der Waals surface area contributed by atoms with Crippen LogP contribution in [0.3, 0.4) is 0 Å². The normalized spacial score (nSPS) is 15.7. The summed E-state index contributed by atoms with van der Waals surface area (Å²) in [4.78, 5) is 13.2. The van der Waals surface area contributed by atoms with E-state index in [1.807, 2.05) is 31.2 Å². The molecular formula is C21H20ClN3OS. The van der Waals surface area contributed by atoms with E-state index in [-0.39, 0.29) is 11.7 Å². The summed E-state index contributed by atoms with van der Waals surface area (Å²) in [6.07, 6.45) is 2.58. The zero-order chi connectivity index (χ0) is 19.3. The average Bonchev–Trinajstić information content (AvgIpc) is 3.08. The highest BCUT2D eigenvalue weighted by Gasteiger charge is 2.30. The Morgan fingerprint density at radius 3 is 2.56 bits per heavy atom. The van der Waals surface area contributed by atoms with Crippen molar-refractivity contribution in [2.75, 3.05) is 0 Å². The Morgan fingerprint density at radius 2 is 1.89 bits per heavy atom. The SMILES string of the molecule is CC(=O)CC1C=C(c2ccc(Cl)cc2)c2c(sc(C)c2C)-n2c(C)nnc21. The molecule has 1 aliphatic rings. The van der Waals surface area contributed by atoms with Gasteiger partial charge in [0.1, 0.15) is 22.4 Å². The van der Waals surface area contributed by atoms with E-state index in [1.54, 1.807) is 18.3 Å². The number of carbonyl (C=O) groups is 1. The van der Waals surface area contributed by atoms with Crippen LogP contribution in [0.15, 0.2) is 30.3 Å². The molecule has 0 fully saturated rings. The maximum atomic E-state index is 12.0. The van der Waals surface area contributed by atoms with Gasteiger partial charge in [0, 0.05) is 27.8 Å². The van der Waals surface area contributed by atoms with Crippen LogP contribution in [0, 0.1) is 20.8 Å². The van der Waals surface area contributed by atoms with Crippen LogP contribution < -0.4 is 0 Å². The van der Waals surface area contributed by atoms with Crippen LogP contribution in [-0.2, 0) is 4.79 Å². The Hall–Kier alpha value is -2.24. The Balaban J connectivity index is 2.04. The van der Waals surface area contributed by atoms with Crippen molar-refractivity contribution in [3.8, 4) is 5.00 Å². The van der Waals surface area contributed by atoms with Gasteiger partial charge in [-0.25, -0.2) is 0 Å². The number of halogens is 1. The minimum atomic E-state index is -0.117. The molecule has 0 N–H and O–H groups in total. The first kappa shape index (κ1) is 18.1. The summed E-state index contributed by atoms with van der Waals surface area (Å²) < 4.78 is 2.12. The third kappa shape index (κ3) is 3.05. The second-order valence-corrected chi connectivity index (χ2v) is 8.64. The molecule has 138 valence electrons. The third-order valence-corrected chi connectivity index (χ3v) is 6.50. The molecule has 1 aliphatic heterocycles. The number of hydrogen-bond acceptors (Lipinski definition) is 4. The molecule has 0 aliphatic carbocycles. The van der Waals surface area contributed by atoms with E-state index in [9.17, 15) is 4.79 Å². The van der Waals surface area contributed by atoms with Crippen LogP contribution in [-0.4, -0.2) is 20.5 Å². The predicted molar refractivity (Wildman–Crippen MR) is 110 cm³/mol. The number of allylic oxidation sites excluding steroid dienone is 1. The summed E-state index contributed by atoms with van der Waals surface area (Å²) in [6.45, 7) is 7.88. The summed E-state index contributed by atoms with van der Waals surface area (Å²) >= 11 is 7.85. The fourth-order valence-electron chi connectivity index (χ4n) is 3.64. The number of nitrogens with zero attached hydrogens (tertiary/aromatic N) is 3. The molecule has 0 saturated carbocycles. The Kier molecular flexibility index (Phi) is 4.52. The van der Waals surface area contributed by atoms with Gasteiger partial charge in [-0.2, -0.15) is 0 Å². The predicted octanol–water partition coefficient (Wildman–Crippen LogP) is 5.42. The number of aromatic nitrogens is 3. The second-order valence-electron chi connectivity index (χ2n) is 7.00. The largest absolute Gasteiger partial charge is 0.300 e. The highest BCUT2D eigenvalue weighted by molar-refractivity contribution is 7.15. The van der Waals surface area contributed by atoms with E-state index < -0.39 is 0 Å². The number of hydrogen-bond donors (Lipinski definition) is 0. The molecule has 1 aromatic carbocycles. The first-order chi connectivity index (χ1) is 12.9. The van der Waals surface area contributed by atoms with E-state index in [0.717, 1.165) is 27.8 Å². The lowest BCUT2D eigenvalue weighted by atomic mass is 9.91. The quantitative estimate of drug-likeness (QED) is 0.593. The van der Waals surface area contributed by atoms with Crippen molar-refractivity contribution >= 4 is 34.3 Å². The molecule has 2 aromatic heterocycles. The van der Waals surface area contributed by atoms with Crippen LogP contribution in [0.5, 0.6) is 0 Å². The molecule has 4 nitrogen and oxygen atoms in total. The maximum Gasteiger partial charge on any atom is 0.145 e. The van der Waals surface area contributed by atoms with Crippen molar-refractivity contribution in [1.29, 1.82) is 0 Å². The van der Waals surface area contributed by atoms with Crippen LogP contribution in [0.4, 0.5) is 0 Å². The highest BCUT2D eigenvalue weighted by Crippen LogP contribution is 2.44. The van der Waals surface area contributed by atoms with Gasteiger partial charge in [0.05, 0.1) is 0 Å². The molecule has 0 saturated heterocycles. The summed E-state index contributed by atoms with van der Waals surface area (Å²) in [5, 5.41) is 10.6. The Labute approximate surface area is 167 Å². The minimum absolute atomic E-state index is 0.117. The van der Waals surface area contributed by atoms with Crippen molar-refractivity contribution in [3.05, 3.63) is 68.6 Å². The molecule has 27 heavy (non-hydrogen) atoms. The maximum absolute atomic E-state index is 12.0. The third-order valence-electron chi connectivity index (χ3n) is 5.05. The van der Waals surface area contributed by atoms with Crippen LogP contribution in [0.1, 0.15) is 52.5 Å². The molecule has 0 bridgehead atoms. The first-order valence-electron chi connectivity index (χ1n) is 8.86. The topological polar surface area (TPSA) is 47.8 Å². The van der Waals surface area contributed by atoms with Crippen LogP contribution in [0.25, 0.3) is 10.6 Å². The summed E-state index contributed by atoms with van der Waals surface area (Å²) in [5.74, 6) is 1.69. The monoisotopic (exact) mass is 397 g/mol. The molecule has 1 unspecified atom stereocenters. The standard InChI is InChI=1S/C21H20ClN3OS/c1-11(26)9-16-10-18(15-5-7-17(22)8-6-15)19-12(2)13(3)27-21(19)25-14(4)23-24-20(16)25/h5-8,10,16H,9H2,1-4H3. The number of Topliss-reactive ketones (excluding diaryl/α,β-unsaturated/α-hetero) is 1. The first-order valence-corrected chi connectivity index (χ1v) is 10.1. The fourth-order valence-corrected chi connectivity index (χ4v) is 5.00. The van der Waals surface area contributed by atoms with Gasteiger partial charge in [-0.3, -0.25) is 9.36 Å². The summed E-state index contributed by atoms with van der Waals surface area (Å²) in [7, 11) is 0. The number of carbonyl (C=O) groups excluding carboxylic acids is 1. The molecule has 3 heterocycles. The van der Waals surface area contributed by atoms with Crippen molar-refractivity contribution in [2.45, 2.75) is 40.0 Å². The zero-order valence-corrected chi connectivity index (χ0v) is 17.3. The van der Waals surface area contributed by atoms with Gasteiger partial charge in [-0.1, -0.05) is 29.8 Å². The van der Waals surface area contributed by atoms with Gasteiger partial charge < -0.3 is 0 Å². The Bertz CT molecular complexity index is 1080. The van der Waals surface area contributed by atoms with Gasteiger partial charge in [-0.15, -0.1) is 21.5 Å². The van der Waals surface area contributed by atoms with Crippen LogP contribution >= 0.6 is 22.9 Å². The lowest BCUT2D eigenvalue weighted by Gasteiger charge is -2.11. The second kappa shape index (κ2) is 6.73. The summed E-state index contributed by atoms with van der Waals surface area (Å²) in [5.41, 5.74) is 4.65. The van der Waals surface area contributed by atoms with Crippen molar-refractivity contribution in [2.24, 2.45) is 0 Å². The van der Waals surface area contributed by atoms with Crippen molar-refractivity contribution < 1.29 is 4.79 Å². The van der Waals surface area contributed by atoms with E-state index >= 15 is 0 Å². The fraction of sp³-hybridized carbons (Fsp3) is 0.286. The van der Waals surface area contributed by atoms with E-state index in [1.165, 1.54) is 16.0 Å². The number of benzene rings is 1. The van der Waals surface area contributed by atoms with Crippen LogP contribution in [0.2, 0.25) is 5.02 Å². The van der Waals surface area contributed by atoms with Gasteiger partial charge in [-0.05, 0) is 56.5 Å². The van der Waals surface area contributed by atoms with Gasteiger partial charge >= 0.3 is 0 Å². The smallest absolute Gasteiger partial charge is 0.145 e. The number of aryl methyl sites for hydroxylation is 2. The zero-order valence-electron chi connectivity index (χ0n) is 15.7. The van der Waals surface area contributed by atoms with Gasteiger partial charge in [0.2, 0.25) is 0 Å². The molecule has 0 amide bonds. The number of thiophene rings is 1. The number of ketones is 1. The molecule has 3 aromatic rings. The van der Waals surface area contributed by atoms with E-state index in [2.05, 4.69) is 34.7 Å². The van der Waals surface area contributed by atoms with Crippen molar-refractivity contribution in [3.63, 3.8) is 0 Å². The summed E-state index contributed by atoms with van der Waals surface area (Å²) in [6, 6.07) is 7.88. The molecule has 0 spiro atoms. The number of fused-ring (bicyclic) bond motifs is 3. The Morgan fingerprint density at radius 1 is 1.19 bits per heavy atom. The van der Waals surface area contributed by atoms with Crippen molar-refractivity contribution in [1.82, 2.24) is 14.8 Å². The molecule has 6 heteroatoms. The molecule has 1 atom stereocenters. The van der Waals surface area contributed by atoms with Gasteiger partial charge in [0.15, 0.2) is 0 Å². The van der Waals surface area contributed by atoms with Gasteiger partial charge in [0.25, 0.3) is 0 Å². The lowest BCUT2D eigenvalue weighted by molar-refractivity contribution is -0.117. The van der Waals surface area contributed by atoms with E-state index in [4.69, 9.17) is 11.6 Å². The number of rotatable bonds is 3.